The molecule has 60 valence electrons. The van der Waals surface area contributed by atoms with E-state index >= 15 is 0 Å². The Balaban J connectivity index is 2.82. The van der Waals surface area contributed by atoms with E-state index in [-0.39, 0.29) is 0 Å². The second kappa shape index (κ2) is 3.34. The lowest BCUT2D eigenvalue weighted by molar-refractivity contribution is 0.424. The maximum absolute atomic E-state index is 8.72. The molecule has 0 fully saturated rings. The molecule has 0 aromatic carbocycles. The highest BCUT2D eigenvalue weighted by molar-refractivity contribution is 7.10. The highest BCUT2D eigenvalue weighted by Gasteiger charge is 2.15. The van der Waals surface area contributed by atoms with Gasteiger partial charge in [-0.3, -0.25) is 0 Å². The van der Waals surface area contributed by atoms with Crippen molar-refractivity contribution < 1.29 is 10.0 Å². The summed E-state index contributed by atoms with van der Waals surface area (Å²) in [7, 11) is -1.43. The average molecular weight is 171 g/mol. The van der Waals surface area contributed by atoms with E-state index < -0.39 is 7.12 Å². The van der Waals surface area contributed by atoms with Crippen LogP contribution in [-0.4, -0.2) is 22.2 Å². The molecular weight excluding hydrogens is 161 g/mol. The summed E-state index contributed by atoms with van der Waals surface area (Å²) in [6.07, 6.45) is 0. The van der Waals surface area contributed by atoms with E-state index in [0.717, 1.165) is 5.01 Å². The average Bonchev–Trinajstić information content (AvgIpc) is 2.33. The number of rotatable bonds is 2. The monoisotopic (exact) mass is 171 g/mol. The summed E-state index contributed by atoms with van der Waals surface area (Å²) in [4.78, 5) is 4.03. The van der Waals surface area contributed by atoms with Gasteiger partial charge >= 0.3 is 7.12 Å². The highest BCUT2D eigenvalue weighted by atomic mass is 32.1. The van der Waals surface area contributed by atoms with Crippen molar-refractivity contribution in [2.24, 2.45) is 0 Å². The molecule has 1 rings (SSSR count). The topological polar surface area (TPSA) is 53.4 Å². The van der Waals surface area contributed by atoms with E-state index in [1.54, 1.807) is 5.38 Å². The molecule has 0 amide bonds. The smallest absolute Gasteiger partial charge is 0.422 e. The van der Waals surface area contributed by atoms with Gasteiger partial charge < -0.3 is 10.0 Å². The molecule has 0 radical (unpaired) electrons. The number of hydrogen-bond donors (Lipinski definition) is 2. The zero-order valence-electron chi connectivity index (χ0n) is 6.48. The Bertz CT molecular complexity index is 214. The van der Waals surface area contributed by atoms with Crippen LogP contribution in [0.25, 0.3) is 0 Å². The van der Waals surface area contributed by atoms with Crippen molar-refractivity contribution in [1.29, 1.82) is 0 Å². The lowest BCUT2D eigenvalue weighted by Gasteiger charge is -1.96. The lowest BCUT2D eigenvalue weighted by atomic mass is 9.88. The van der Waals surface area contributed by atoms with Gasteiger partial charge in [0.05, 0.1) is 10.6 Å². The molecule has 5 heteroatoms. The van der Waals surface area contributed by atoms with Crippen molar-refractivity contribution >= 4 is 24.0 Å². The fourth-order valence-corrected chi connectivity index (χ4v) is 1.53. The molecule has 0 aliphatic carbocycles. The van der Waals surface area contributed by atoms with Gasteiger partial charge in [0.15, 0.2) is 0 Å². The fraction of sp³-hybridized carbons (Fsp3) is 0.500. The van der Waals surface area contributed by atoms with E-state index in [2.05, 4.69) is 4.98 Å². The number of hydrogen-bond acceptors (Lipinski definition) is 4. The summed E-state index contributed by atoms with van der Waals surface area (Å²) in [5.41, 5.74) is 0.346. The van der Waals surface area contributed by atoms with Gasteiger partial charge in [-0.05, 0) is 0 Å². The second-order valence-electron chi connectivity index (χ2n) is 2.64. The SMILES string of the molecule is CC(C)c1nc(B(O)O)cs1. The van der Waals surface area contributed by atoms with Gasteiger partial charge in [-0.15, -0.1) is 11.3 Å². The molecule has 0 aliphatic heterocycles. The molecule has 1 aromatic rings. The molecule has 3 nitrogen and oxygen atoms in total. The Morgan fingerprint density at radius 2 is 2.18 bits per heavy atom. The molecular formula is C6H10BNO2S. The summed E-state index contributed by atoms with van der Waals surface area (Å²) in [6, 6.07) is 0. The van der Waals surface area contributed by atoms with Gasteiger partial charge in [-0.1, -0.05) is 13.8 Å². The van der Waals surface area contributed by atoms with Gasteiger partial charge in [-0.2, -0.15) is 0 Å². The van der Waals surface area contributed by atoms with Crippen LogP contribution in [0.4, 0.5) is 0 Å². The third-order valence-electron chi connectivity index (χ3n) is 1.30. The molecule has 0 atom stereocenters. The van der Waals surface area contributed by atoms with E-state index in [9.17, 15) is 0 Å². The third kappa shape index (κ3) is 2.02. The summed E-state index contributed by atoms with van der Waals surface area (Å²) in [5, 5.41) is 20.0. The van der Waals surface area contributed by atoms with Crippen molar-refractivity contribution in [2.75, 3.05) is 0 Å². The molecule has 1 heterocycles. The minimum Gasteiger partial charge on any atom is -0.422 e. The maximum atomic E-state index is 8.72. The van der Waals surface area contributed by atoms with Crippen molar-refractivity contribution in [2.45, 2.75) is 19.8 Å². The third-order valence-corrected chi connectivity index (χ3v) is 2.46. The van der Waals surface area contributed by atoms with Gasteiger partial charge in [0.2, 0.25) is 0 Å². The van der Waals surface area contributed by atoms with Crippen LogP contribution in [-0.2, 0) is 0 Å². The van der Waals surface area contributed by atoms with Gasteiger partial charge in [0, 0.05) is 11.3 Å². The van der Waals surface area contributed by atoms with E-state index in [0.29, 0.717) is 11.5 Å². The first-order valence-electron chi connectivity index (χ1n) is 3.42. The van der Waals surface area contributed by atoms with Crippen LogP contribution in [0.5, 0.6) is 0 Å². The van der Waals surface area contributed by atoms with Crippen molar-refractivity contribution in [1.82, 2.24) is 4.98 Å². The Morgan fingerprint density at radius 1 is 1.55 bits per heavy atom. The molecule has 0 unspecified atom stereocenters. The predicted octanol–water partition coefficient (Wildman–Crippen LogP) is -0.0537. The zero-order valence-corrected chi connectivity index (χ0v) is 7.30. The van der Waals surface area contributed by atoms with Crippen LogP contribution in [0.3, 0.4) is 0 Å². The lowest BCUT2D eigenvalue weighted by Crippen LogP contribution is -2.30. The molecule has 0 bridgehead atoms. The summed E-state index contributed by atoms with van der Waals surface area (Å²) in [6.45, 7) is 4.04. The molecule has 11 heavy (non-hydrogen) atoms. The summed E-state index contributed by atoms with van der Waals surface area (Å²) < 4.78 is 0. The standard InChI is InChI=1S/C6H10BNO2S/c1-4(2)6-8-5(3-11-6)7(9)10/h3-4,9-10H,1-2H3. The van der Waals surface area contributed by atoms with E-state index in [1.807, 2.05) is 13.8 Å². The Kier molecular flexibility index (Phi) is 2.65. The van der Waals surface area contributed by atoms with Crippen LogP contribution in [0, 0.1) is 0 Å². The highest BCUT2D eigenvalue weighted by Crippen LogP contribution is 2.14. The Hall–Kier alpha value is -0.385. The van der Waals surface area contributed by atoms with Gasteiger partial charge in [0.25, 0.3) is 0 Å². The molecule has 2 N–H and O–H groups in total. The molecule has 0 aliphatic rings. The first-order chi connectivity index (χ1) is 5.11. The van der Waals surface area contributed by atoms with Crippen LogP contribution >= 0.6 is 11.3 Å². The first kappa shape index (κ1) is 8.71. The molecule has 0 spiro atoms. The minimum atomic E-state index is -1.43. The summed E-state index contributed by atoms with van der Waals surface area (Å²) >= 11 is 1.45. The molecule has 0 saturated carbocycles. The Morgan fingerprint density at radius 3 is 2.45 bits per heavy atom. The van der Waals surface area contributed by atoms with Crippen LogP contribution in [0.15, 0.2) is 5.38 Å². The van der Waals surface area contributed by atoms with Gasteiger partial charge in [-0.25, -0.2) is 4.98 Å². The predicted molar refractivity (Wildman–Crippen MR) is 46.0 cm³/mol. The quantitative estimate of drug-likeness (QED) is 0.613. The van der Waals surface area contributed by atoms with Gasteiger partial charge in [0.1, 0.15) is 0 Å². The summed E-state index contributed by atoms with van der Waals surface area (Å²) in [5.74, 6) is 0.354. The number of thiazole rings is 1. The first-order valence-corrected chi connectivity index (χ1v) is 4.30. The number of aromatic nitrogens is 1. The normalized spacial score (nSPS) is 10.6. The second-order valence-corrected chi connectivity index (χ2v) is 3.53. The number of nitrogens with zero attached hydrogens (tertiary/aromatic N) is 1. The minimum absolute atomic E-state index is 0.346. The van der Waals surface area contributed by atoms with Crippen LogP contribution in [0.2, 0.25) is 0 Å². The maximum Gasteiger partial charge on any atom is 0.509 e. The van der Waals surface area contributed by atoms with Crippen LogP contribution in [0.1, 0.15) is 24.8 Å². The van der Waals surface area contributed by atoms with E-state index in [1.165, 1.54) is 11.3 Å². The van der Waals surface area contributed by atoms with Crippen molar-refractivity contribution in [3.8, 4) is 0 Å². The van der Waals surface area contributed by atoms with Crippen LogP contribution < -0.4 is 5.59 Å². The Labute approximate surface area is 69.9 Å². The largest absolute Gasteiger partial charge is 0.509 e. The van der Waals surface area contributed by atoms with Crippen molar-refractivity contribution in [3.63, 3.8) is 0 Å². The van der Waals surface area contributed by atoms with Crippen molar-refractivity contribution in [3.05, 3.63) is 10.4 Å². The molecule has 1 aromatic heterocycles. The fourth-order valence-electron chi connectivity index (χ4n) is 0.684. The zero-order chi connectivity index (χ0) is 8.43. The van der Waals surface area contributed by atoms with E-state index in [4.69, 9.17) is 10.0 Å². The molecule has 0 saturated heterocycles.